The monoisotopic (exact) mass is 357 g/mol. The van der Waals surface area contributed by atoms with E-state index >= 15 is 0 Å². The number of hydrogen-bond donors (Lipinski definition) is 1. The molecular weight excluding hydrogens is 330 g/mol. The van der Waals surface area contributed by atoms with Gasteiger partial charge in [0, 0.05) is 24.5 Å². The summed E-state index contributed by atoms with van der Waals surface area (Å²) in [5, 5.41) is 4.39. The van der Waals surface area contributed by atoms with E-state index in [1.807, 2.05) is 18.8 Å². The van der Waals surface area contributed by atoms with Crippen molar-refractivity contribution in [3.8, 4) is 0 Å². The van der Waals surface area contributed by atoms with Crippen LogP contribution in [0.3, 0.4) is 0 Å². The molecule has 1 aromatic heterocycles. The van der Waals surface area contributed by atoms with Gasteiger partial charge in [0.25, 0.3) is 0 Å². The lowest BCUT2D eigenvalue weighted by Crippen LogP contribution is -2.41. The van der Waals surface area contributed by atoms with Crippen molar-refractivity contribution >= 4 is 34.7 Å². The fourth-order valence-corrected chi connectivity index (χ4v) is 5.34. The number of anilines is 1. The molecule has 1 N–H and O–H groups in total. The molecule has 0 aromatic carbocycles. The first-order valence-electron chi connectivity index (χ1n) is 9.39. The van der Waals surface area contributed by atoms with Crippen molar-refractivity contribution in [2.45, 2.75) is 75.1 Å². The zero-order chi connectivity index (χ0) is 17.4. The Balaban J connectivity index is 1.71. The van der Waals surface area contributed by atoms with Crippen LogP contribution in [0.1, 0.15) is 58.8 Å². The molecule has 0 bridgehead atoms. The highest BCUT2D eigenvalue weighted by Crippen LogP contribution is 2.46. The SMILES string of the molecule is CNc1ncnc2c1N=C1CC(C)(C)CC(=NC3CCCCC3)C1S2. The second-order valence-corrected chi connectivity index (χ2v) is 9.25. The van der Waals surface area contributed by atoms with E-state index in [0.29, 0.717) is 6.04 Å². The number of aromatic nitrogens is 2. The van der Waals surface area contributed by atoms with Gasteiger partial charge >= 0.3 is 0 Å². The Morgan fingerprint density at radius 1 is 1.16 bits per heavy atom. The number of hydrogen-bond acceptors (Lipinski definition) is 6. The van der Waals surface area contributed by atoms with Crippen LogP contribution >= 0.6 is 11.8 Å². The maximum absolute atomic E-state index is 5.25. The molecular formula is C19H27N5S. The summed E-state index contributed by atoms with van der Waals surface area (Å²) in [5.41, 5.74) is 3.70. The quantitative estimate of drug-likeness (QED) is 0.782. The minimum atomic E-state index is 0.219. The van der Waals surface area contributed by atoms with E-state index < -0.39 is 0 Å². The lowest BCUT2D eigenvalue weighted by Gasteiger charge is -2.39. The first-order valence-corrected chi connectivity index (χ1v) is 10.3. The Hall–Kier alpha value is -1.43. The van der Waals surface area contributed by atoms with Gasteiger partial charge in [-0.05, 0) is 31.1 Å². The molecule has 1 unspecified atom stereocenters. The fourth-order valence-electron chi connectivity index (χ4n) is 4.20. The lowest BCUT2D eigenvalue weighted by molar-refractivity contribution is 0.385. The average Bonchev–Trinajstić information content (AvgIpc) is 2.60. The summed E-state index contributed by atoms with van der Waals surface area (Å²) in [5.74, 6) is 0.817. The van der Waals surface area contributed by atoms with Gasteiger partial charge in [-0.3, -0.25) is 4.99 Å². The molecule has 0 spiro atoms. The van der Waals surface area contributed by atoms with Crippen molar-refractivity contribution in [1.29, 1.82) is 0 Å². The highest BCUT2D eigenvalue weighted by molar-refractivity contribution is 8.01. The predicted octanol–water partition coefficient (Wildman–Crippen LogP) is 4.66. The van der Waals surface area contributed by atoms with Crippen molar-refractivity contribution in [2.24, 2.45) is 15.4 Å². The highest BCUT2D eigenvalue weighted by atomic mass is 32.2. The van der Waals surface area contributed by atoms with Gasteiger partial charge in [-0.1, -0.05) is 44.9 Å². The van der Waals surface area contributed by atoms with Crippen molar-refractivity contribution in [1.82, 2.24) is 9.97 Å². The van der Waals surface area contributed by atoms with E-state index in [0.717, 1.165) is 29.4 Å². The standard InChI is InChI=1S/C19H27N5S/c1-19(2)9-13(23-12-7-5-4-6-8-12)16-14(10-19)24-15-17(20-3)21-11-22-18(15)25-16/h11-12,16H,4-10H2,1-3H3,(H,20,21,22). The van der Waals surface area contributed by atoms with E-state index in [-0.39, 0.29) is 10.7 Å². The Kier molecular flexibility index (Phi) is 4.56. The van der Waals surface area contributed by atoms with E-state index in [4.69, 9.17) is 9.98 Å². The van der Waals surface area contributed by atoms with E-state index in [1.165, 1.54) is 43.5 Å². The smallest absolute Gasteiger partial charge is 0.156 e. The summed E-state index contributed by atoms with van der Waals surface area (Å²) in [4.78, 5) is 19.1. The molecule has 1 atom stereocenters. The number of rotatable bonds is 2. The van der Waals surface area contributed by atoms with E-state index in [9.17, 15) is 0 Å². The summed E-state index contributed by atoms with van der Waals surface area (Å²) >= 11 is 1.82. The molecule has 0 radical (unpaired) electrons. The van der Waals surface area contributed by atoms with Gasteiger partial charge in [0.15, 0.2) is 5.82 Å². The van der Waals surface area contributed by atoms with Crippen LogP contribution in [0, 0.1) is 5.41 Å². The molecule has 2 aliphatic carbocycles. The summed E-state index contributed by atoms with van der Waals surface area (Å²) in [7, 11) is 1.89. The third-order valence-electron chi connectivity index (χ3n) is 5.36. The van der Waals surface area contributed by atoms with Crippen LogP contribution in [0.25, 0.3) is 0 Å². The van der Waals surface area contributed by atoms with E-state index in [1.54, 1.807) is 6.33 Å². The van der Waals surface area contributed by atoms with Crippen LogP contribution in [-0.4, -0.2) is 39.7 Å². The summed E-state index contributed by atoms with van der Waals surface area (Å²) in [6.07, 6.45) is 10.2. The lowest BCUT2D eigenvalue weighted by atomic mass is 9.75. The molecule has 2 saturated carbocycles. The van der Waals surface area contributed by atoms with Crippen LogP contribution in [0.4, 0.5) is 11.5 Å². The molecule has 5 nitrogen and oxygen atoms in total. The molecule has 1 aliphatic heterocycles. The van der Waals surface area contributed by atoms with Gasteiger partial charge < -0.3 is 5.32 Å². The van der Waals surface area contributed by atoms with Crippen LogP contribution in [0.2, 0.25) is 0 Å². The van der Waals surface area contributed by atoms with Gasteiger partial charge in [0.2, 0.25) is 0 Å². The van der Waals surface area contributed by atoms with Gasteiger partial charge in [-0.15, -0.1) is 0 Å². The zero-order valence-corrected chi connectivity index (χ0v) is 16.2. The van der Waals surface area contributed by atoms with Crippen molar-refractivity contribution in [2.75, 3.05) is 12.4 Å². The Labute approximate surface area is 154 Å². The zero-order valence-electron chi connectivity index (χ0n) is 15.4. The molecule has 3 aliphatic rings. The van der Waals surface area contributed by atoms with Crippen LogP contribution in [0.15, 0.2) is 21.3 Å². The van der Waals surface area contributed by atoms with Crippen LogP contribution in [-0.2, 0) is 0 Å². The topological polar surface area (TPSA) is 62.5 Å². The third-order valence-corrected chi connectivity index (χ3v) is 6.66. The molecule has 0 saturated heterocycles. The summed E-state index contributed by atoms with van der Waals surface area (Å²) in [6.45, 7) is 4.67. The predicted molar refractivity (Wildman–Crippen MR) is 106 cm³/mol. The molecule has 2 fully saturated rings. The molecule has 25 heavy (non-hydrogen) atoms. The Bertz CT molecular complexity index is 719. The van der Waals surface area contributed by atoms with Gasteiger partial charge in [0.05, 0.1) is 5.25 Å². The molecule has 6 heteroatoms. The molecule has 0 amide bonds. The molecule has 134 valence electrons. The Morgan fingerprint density at radius 3 is 2.72 bits per heavy atom. The number of thioether (sulfide) groups is 1. The average molecular weight is 358 g/mol. The maximum Gasteiger partial charge on any atom is 0.156 e. The summed E-state index contributed by atoms with van der Waals surface area (Å²) in [6, 6.07) is 0.513. The van der Waals surface area contributed by atoms with Gasteiger partial charge in [-0.2, -0.15) is 0 Å². The number of fused-ring (bicyclic) bond motifs is 2. The van der Waals surface area contributed by atoms with Gasteiger partial charge in [0.1, 0.15) is 17.0 Å². The summed E-state index contributed by atoms with van der Waals surface area (Å²) < 4.78 is 0. The minimum absolute atomic E-state index is 0.219. The van der Waals surface area contributed by atoms with Gasteiger partial charge in [-0.25, -0.2) is 15.0 Å². The van der Waals surface area contributed by atoms with Crippen LogP contribution in [0.5, 0.6) is 0 Å². The number of nitrogens with one attached hydrogen (secondary N) is 1. The molecule has 1 aromatic rings. The van der Waals surface area contributed by atoms with Crippen molar-refractivity contribution in [3.63, 3.8) is 0 Å². The second-order valence-electron chi connectivity index (χ2n) is 8.16. The first-order chi connectivity index (χ1) is 12.1. The minimum Gasteiger partial charge on any atom is -0.371 e. The number of aliphatic imine (C=N–C) groups is 2. The van der Waals surface area contributed by atoms with Crippen molar-refractivity contribution in [3.05, 3.63) is 6.33 Å². The third kappa shape index (κ3) is 3.46. The molecule has 4 rings (SSSR count). The Morgan fingerprint density at radius 2 is 1.96 bits per heavy atom. The second kappa shape index (κ2) is 6.71. The number of nitrogens with zero attached hydrogens (tertiary/aromatic N) is 4. The normalized spacial score (nSPS) is 27.4. The largest absolute Gasteiger partial charge is 0.371 e. The van der Waals surface area contributed by atoms with E-state index in [2.05, 4.69) is 29.1 Å². The van der Waals surface area contributed by atoms with Crippen LogP contribution < -0.4 is 5.32 Å². The first kappa shape index (κ1) is 17.0. The fraction of sp³-hybridized carbons (Fsp3) is 0.684. The maximum atomic E-state index is 5.25. The van der Waals surface area contributed by atoms with Crippen molar-refractivity contribution < 1.29 is 0 Å². The molecule has 2 heterocycles. The highest BCUT2D eigenvalue weighted by Gasteiger charge is 2.40.